The van der Waals surface area contributed by atoms with Gasteiger partial charge in [0.05, 0.1) is 18.8 Å². The summed E-state index contributed by atoms with van der Waals surface area (Å²) in [7, 11) is 3.33. The summed E-state index contributed by atoms with van der Waals surface area (Å²) in [6.45, 7) is 5.77. The molecule has 0 spiro atoms. The van der Waals surface area contributed by atoms with Crippen molar-refractivity contribution in [1.82, 2.24) is 5.32 Å². The first kappa shape index (κ1) is 17.3. The predicted molar refractivity (Wildman–Crippen MR) is 83.7 cm³/mol. The molecule has 0 aromatic heterocycles. The van der Waals surface area contributed by atoms with E-state index in [4.69, 9.17) is 15.2 Å². The number of nitrogens with one attached hydrogen (secondary N) is 1. The fraction of sp³-hybridized carbons (Fsp3) is 0.562. The zero-order valence-corrected chi connectivity index (χ0v) is 13.5. The molecule has 0 fully saturated rings. The van der Waals surface area contributed by atoms with E-state index in [0.29, 0.717) is 17.9 Å². The average Bonchev–Trinajstić information content (AvgIpc) is 2.47. The Morgan fingerprint density at radius 1 is 1.43 bits per heavy atom. The van der Waals surface area contributed by atoms with Crippen LogP contribution >= 0.6 is 0 Å². The number of aryl methyl sites for hydroxylation is 1. The van der Waals surface area contributed by atoms with E-state index >= 15 is 0 Å². The second-order valence-corrected chi connectivity index (χ2v) is 5.42. The number of carbonyl (C=O) groups excluding carboxylic acids is 1. The smallest absolute Gasteiger partial charge is 0.237 e. The summed E-state index contributed by atoms with van der Waals surface area (Å²) in [6.07, 6.45) is 1.22. The normalized spacial score (nSPS) is 15.1. The first-order chi connectivity index (χ1) is 9.86. The molecule has 0 heterocycles. The second kappa shape index (κ2) is 7.31. The van der Waals surface area contributed by atoms with Crippen LogP contribution in [0.25, 0.3) is 0 Å². The number of ether oxygens (including phenoxy) is 2. The molecule has 1 aromatic rings. The van der Waals surface area contributed by atoms with Crippen molar-refractivity contribution < 1.29 is 14.3 Å². The van der Waals surface area contributed by atoms with Gasteiger partial charge in [0.15, 0.2) is 11.5 Å². The maximum atomic E-state index is 11.5. The van der Waals surface area contributed by atoms with Crippen molar-refractivity contribution in [3.63, 3.8) is 0 Å². The third-order valence-electron chi connectivity index (χ3n) is 3.76. The molecule has 0 saturated carbocycles. The Morgan fingerprint density at radius 3 is 2.57 bits per heavy atom. The first-order valence-electron chi connectivity index (χ1n) is 7.18. The summed E-state index contributed by atoms with van der Waals surface area (Å²) in [5.41, 5.74) is 5.82. The van der Waals surface area contributed by atoms with Crippen molar-refractivity contribution in [3.05, 3.63) is 23.8 Å². The zero-order chi connectivity index (χ0) is 16.0. The molecule has 3 N–H and O–H groups in total. The van der Waals surface area contributed by atoms with Crippen LogP contribution in [0.15, 0.2) is 18.2 Å². The van der Waals surface area contributed by atoms with Gasteiger partial charge in [-0.25, -0.2) is 0 Å². The van der Waals surface area contributed by atoms with Crippen molar-refractivity contribution in [1.29, 1.82) is 0 Å². The monoisotopic (exact) mass is 294 g/mol. The maximum Gasteiger partial charge on any atom is 0.237 e. The van der Waals surface area contributed by atoms with Crippen molar-refractivity contribution in [2.45, 2.75) is 45.3 Å². The number of primary amides is 1. The number of hydrogen-bond acceptors (Lipinski definition) is 4. The van der Waals surface area contributed by atoms with Crippen molar-refractivity contribution in [3.8, 4) is 11.5 Å². The maximum absolute atomic E-state index is 11.5. The van der Waals surface area contributed by atoms with Crippen LogP contribution in [0.3, 0.4) is 0 Å². The van der Waals surface area contributed by atoms with Crippen molar-refractivity contribution >= 4 is 5.91 Å². The molecule has 0 aliphatic carbocycles. The number of nitrogens with two attached hydrogens (primary N) is 1. The molecule has 1 rings (SSSR count). The fourth-order valence-corrected chi connectivity index (χ4v) is 2.19. The van der Waals surface area contributed by atoms with E-state index < -0.39 is 11.4 Å². The van der Waals surface area contributed by atoms with Gasteiger partial charge in [-0.1, -0.05) is 13.0 Å². The third kappa shape index (κ3) is 4.36. The van der Waals surface area contributed by atoms with Gasteiger partial charge in [0, 0.05) is 6.42 Å². The van der Waals surface area contributed by atoms with E-state index in [1.807, 2.05) is 25.1 Å². The fourth-order valence-electron chi connectivity index (χ4n) is 2.19. The minimum atomic E-state index is -0.796. The minimum Gasteiger partial charge on any atom is -0.493 e. The zero-order valence-electron chi connectivity index (χ0n) is 13.5. The lowest BCUT2D eigenvalue weighted by molar-refractivity contribution is -0.124. The largest absolute Gasteiger partial charge is 0.493 e. The van der Waals surface area contributed by atoms with Crippen molar-refractivity contribution in [2.24, 2.45) is 5.73 Å². The van der Waals surface area contributed by atoms with Crippen LogP contribution in [-0.2, 0) is 11.2 Å². The molecule has 0 radical (unpaired) electrons. The summed E-state index contributed by atoms with van der Waals surface area (Å²) >= 11 is 0. The average molecular weight is 294 g/mol. The van der Waals surface area contributed by atoms with Crippen LogP contribution in [0.1, 0.15) is 32.8 Å². The SMILES string of the molecule is CCc1ccc(OC(C)CC(C)(NC)C(N)=O)c(OC)c1. The van der Waals surface area contributed by atoms with E-state index in [-0.39, 0.29) is 6.10 Å². The van der Waals surface area contributed by atoms with Crippen LogP contribution < -0.4 is 20.5 Å². The molecule has 118 valence electrons. The number of carbonyl (C=O) groups is 1. The van der Waals surface area contributed by atoms with Crippen molar-refractivity contribution in [2.75, 3.05) is 14.2 Å². The van der Waals surface area contributed by atoms with Gasteiger partial charge in [-0.3, -0.25) is 4.79 Å². The lowest BCUT2D eigenvalue weighted by atomic mass is 9.94. The van der Waals surface area contributed by atoms with Gasteiger partial charge in [-0.05, 0) is 45.0 Å². The molecule has 5 nitrogen and oxygen atoms in total. The highest BCUT2D eigenvalue weighted by Gasteiger charge is 2.31. The first-order valence-corrected chi connectivity index (χ1v) is 7.18. The highest BCUT2D eigenvalue weighted by Crippen LogP contribution is 2.30. The van der Waals surface area contributed by atoms with Crippen LogP contribution in [0, 0.1) is 0 Å². The molecular weight excluding hydrogens is 268 g/mol. The molecule has 2 unspecified atom stereocenters. The van der Waals surface area contributed by atoms with Gasteiger partial charge in [0.1, 0.15) is 0 Å². The van der Waals surface area contributed by atoms with Gasteiger partial charge in [-0.2, -0.15) is 0 Å². The summed E-state index contributed by atoms with van der Waals surface area (Å²) in [4.78, 5) is 11.5. The van der Waals surface area contributed by atoms with E-state index in [1.165, 1.54) is 5.56 Å². The molecule has 1 amide bonds. The molecule has 21 heavy (non-hydrogen) atoms. The lowest BCUT2D eigenvalue weighted by Gasteiger charge is -2.29. The van der Waals surface area contributed by atoms with Gasteiger partial charge in [0.2, 0.25) is 5.91 Å². The summed E-state index contributed by atoms with van der Waals surface area (Å²) < 4.78 is 11.3. The number of likely N-dealkylation sites (N-methyl/N-ethyl adjacent to an activating group) is 1. The Bertz CT molecular complexity index is 490. The van der Waals surface area contributed by atoms with Gasteiger partial charge >= 0.3 is 0 Å². The molecular formula is C16H26N2O3. The van der Waals surface area contributed by atoms with Crippen LogP contribution in [-0.4, -0.2) is 31.7 Å². The van der Waals surface area contributed by atoms with Gasteiger partial charge in [0.25, 0.3) is 0 Å². The molecule has 1 aromatic carbocycles. The number of rotatable bonds is 8. The number of hydrogen-bond donors (Lipinski definition) is 2. The molecule has 5 heteroatoms. The Kier molecular flexibility index (Phi) is 6.03. The standard InChI is InChI=1S/C16H26N2O3/c1-6-12-7-8-13(14(9-12)20-5)21-11(2)10-16(3,18-4)15(17)19/h7-9,11,18H,6,10H2,1-5H3,(H2,17,19). The van der Waals surface area contributed by atoms with E-state index in [2.05, 4.69) is 12.2 Å². The molecule has 0 saturated heterocycles. The van der Waals surface area contributed by atoms with E-state index in [0.717, 1.165) is 6.42 Å². The number of amides is 1. The molecule has 0 bridgehead atoms. The van der Waals surface area contributed by atoms with E-state index in [9.17, 15) is 4.79 Å². The van der Waals surface area contributed by atoms with Gasteiger partial charge < -0.3 is 20.5 Å². The highest BCUT2D eigenvalue weighted by molar-refractivity contribution is 5.84. The topological polar surface area (TPSA) is 73.6 Å². The van der Waals surface area contributed by atoms with Crippen LogP contribution in [0.2, 0.25) is 0 Å². The molecule has 0 aliphatic heterocycles. The van der Waals surface area contributed by atoms with Crippen LogP contribution in [0.5, 0.6) is 11.5 Å². The second-order valence-electron chi connectivity index (χ2n) is 5.42. The molecule has 2 atom stereocenters. The number of methoxy groups -OCH3 is 1. The minimum absolute atomic E-state index is 0.184. The lowest BCUT2D eigenvalue weighted by Crippen LogP contribution is -2.53. The molecule has 0 aliphatic rings. The summed E-state index contributed by atoms with van der Waals surface area (Å²) in [6, 6.07) is 5.87. The third-order valence-corrected chi connectivity index (χ3v) is 3.76. The van der Waals surface area contributed by atoms with Crippen LogP contribution in [0.4, 0.5) is 0 Å². The number of benzene rings is 1. The Hall–Kier alpha value is -1.75. The Labute approximate surface area is 126 Å². The van der Waals surface area contributed by atoms with Gasteiger partial charge in [-0.15, -0.1) is 0 Å². The summed E-state index contributed by atoms with van der Waals surface area (Å²) in [5, 5.41) is 2.96. The Balaban J connectivity index is 2.83. The Morgan fingerprint density at radius 2 is 2.10 bits per heavy atom. The quantitative estimate of drug-likeness (QED) is 0.768. The predicted octanol–water partition coefficient (Wildman–Crippen LogP) is 1.88. The highest BCUT2D eigenvalue weighted by atomic mass is 16.5. The summed E-state index contributed by atoms with van der Waals surface area (Å²) in [5.74, 6) is 0.977. The van der Waals surface area contributed by atoms with E-state index in [1.54, 1.807) is 21.1 Å².